The Labute approximate surface area is 122 Å². The molecule has 0 radical (unpaired) electrons. The fourth-order valence-corrected chi connectivity index (χ4v) is 2.55. The maximum absolute atomic E-state index is 12.5. The van der Waals surface area contributed by atoms with Crippen LogP contribution in [-0.2, 0) is 9.59 Å². The van der Waals surface area contributed by atoms with Gasteiger partial charge >= 0.3 is 0 Å². The van der Waals surface area contributed by atoms with Crippen molar-refractivity contribution in [2.45, 2.75) is 12.3 Å². The van der Waals surface area contributed by atoms with Gasteiger partial charge < -0.3 is 0 Å². The van der Waals surface area contributed by atoms with Crippen molar-refractivity contribution in [2.75, 3.05) is 4.90 Å². The van der Waals surface area contributed by atoms with E-state index in [0.717, 1.165) is 11.8 Å². The van der Waals surface area contributed by atoms with E-state index in [0.29, 0.717) is 11.3 Å². The first-order valence-corrected chi connectivity index (χ1v) is 6.67. The Morgan fingerprint density at radius 2 is 1.62 bits per heavy atom. The van der Waals surface area contributed by atoms with Gasteiger partial charge in [-0.05, 0) is 29.8 Å². The molecule has 1 saturated heterocycles. The van der Waals surface area contributed by atoms with Gasteiger partial charge in [0.2, 0.25) is 11.8 Å². The fraction of sp³-hybridized carbons (Fsp3) is 0.118. The first-order valence-electron chi connectivity index (χ1n) is 6.67. The zero-order valence-corrected chi connectivity index (χ0v) is 11.2. The molecule has 0 aliphatic carbocycles. The standard InChI is InChI=1S/C17H13NO3/c19-11-12-6-8-14(9-7-12)18-16(20)10-15(17(18)21)13-4-2-1-3-5-13/h1-9,11,15H,10H2. The third-order valence-corrected chi connectivity index (χ3v) is 3.64. The number of amides is 2. The molecule has 1 heterocycles. The minimum absolute atomic E-state index is 0.179. The van der Waals surface area contributed by atoms with Crippen molar-refractivity contribution < 1.29 is 14.4 Å². The molecule has 0 saturated carbocycles. The van der Waals surface area contributed by atoms with E-state index in [-0.39, 0.29) is 18.2 Å². The third kappa shape index (κ3) is 2.36. The number of rotatable bonds is 3. The maximum Gasteiger partial charge on any atom is 0.241 e. The molecule has 1 aliphatic rings. The summed E-state index contributed by atoms with van der Waals surface area (Å²) in [5.74, 6) is -0.859. The molecule has 4 nitrogen and oxygen atoms in total. The first-order chi connectivity index (χ1) is 10.2. The maximum atomic E-state index is 12.5. The van der Waals surface area contributed by atoms with Gasteiger partial charge in [-0.25, -0.2) is 0 Å². The van der Waals surface area contributed by atoms with Gasteiger partial charge in [0.1, 0.15) is 6.29 Å². The predicted octanol–water partition coefficient (Wildman–Crippen LogP) is 2.55. The lowest BCUT2D eigenvalue weighted by Gasteiger charge is -2.15. The molecule has 21 heavy (non-hydrogen) atoms. The highest BCUT2D eigenvalue weighted by Crippen LogP contribution is 2.32. The molecule has 1 unspecified atom stereocenters. The lowest BCUT2D eigenvalue weighted by Crippen LogP contribution is -2.29. The summed E-state index contributed by atoms with van der Waals surface area (Å²) in [7, 11) is 0. The minimum Gasteiger partial charge on any atom is -0.298 e. The van der Waals surface area contributed by atoms with E-state index in [1.807, 2.05) is 30.3 Å². The van der Waals surface area contributed by atoms with E-state index < -0.39 is 5.92 Å². The van der Waals surface area contributed by atoms with Crippen molar-refractivity contribution in [2.24, 2.45) is 0 Å². The number of nitrogens with zero attached hydrogens (tertiary/aromatic N) is 1. The number of hydrogen-bond acceptors (Lipinski definition) is 3. The number of carbonyl (C=O) groups excluding carboxylic acids is 3. The second-order valence-electron chi connectivity index (χ2n) is 4.94. The largest absolute Gasteiger partial charge is 0.298 e. The van der Waals surface area contributed by atoms with Crippen molar-refractivity contribution in [3.05, 3.63) is 65.7 Å². The summed E-state index contributed by atoms with van der Waals surface area (Å²) in [6.07, 6.45) is 0.905. The fourth-order valence-electron chi connectivity index (χ4n) is 2.55. The van der Waals surface area contributed by atoms with Crippen molar-refractivity contribution in [3.8, 4) is 0 Å². The van der Waals surface area contributed by atoms with E-state index in [1.165, 1.54) is 4.90 Å². The van der Waals surface area contributed by atoms with Crippen LogP contribution in [0.5, 0.6) is 0 Å². The Morgan fingerprint density at radius 3 is 2.24 bits per heavy atom. The zero-order valence-electron chi connectivity index (χ0n) is 11.2. The average molecular weight is 279 g/mol. The molecule has 2 aromatic carbocycles. The number of aldehydes is 1. The monoisotopic (exact) mass is 279 g/mol. The third-order valence-electron chi connectivity index (χ3n) is 3.64. The topological polar surface area (TPSA) is 54.5 Å². The van der Waals surface area contributed by atoms with E-state index in [1.54, 1.807) is 24.3 Å². The van der Waals surface area contributed by atoms with Crippen molar-refractivity contribution in [1.29, 1.82) is 0 Å². The van der Waals surface area contributed by atoms with Crippen LogP contribution in [0.25, 0.3) is 0 Å². The van der Waals surface area contributed by atoms with Crippen LogP contribution >= 0.6 is 0 Å². The Balaban J connectivity index is 1.91. The van der Waals surface area contributed by atoms with Crippen molar-refractivity contribution in [3.63, 3.8) is 0 Å². The van der Waals surface area contributed by atoms with Crippen molar-refractivity contribution in [1.82, 2.24) is 0 Å². The van der Waals surface area contributed by atoms with Gasteiger partial charge in [0, 0.05) is 12.0 Å². The molecule has 2 aromatic rings. The number of anilines is 1. The highest BCUT2D eigenvalue weighted by atomic mass is 16.2. The molecule has 4 heteroatoms. The van der Waals surface area contributed by atoms with Gasteiger partial charge in [-0.15, -0.1) is 0 Å². The lowest BCUT2D eigenvalue weighted by atomic mass is 9.98. The summed E-state index contributed by atoms with van der Waals surface area (Å²) >= 11 is 0. The zero-order chi connectivity index (χ0) is 14.8. The van der Waals surface area contributed by atoms with E-state index in [4.69, 9.17) is 0 Å². The first kappa shape index (κ1) is 13.2. The quantitative estimate of drug-likeness (QED) is 0.641. The Hall–Kier alpha value is -2.75. The van der Waals surface area contributed by atoms with Gasteiger partial charge in [0.05, 0.1) is 11.6 Å². The summed E-state index contributed by atoms with van der Waals surface area (Å²) in [6, 6.07) is 15.7. The van der Waals surface area contributed by atoms with Crippen LogP contribution in [0.15, 0.2) is 54.6 Å². The molecule has 1 aliphatic heterocycles. The van der Waals surface area contributed by atoms with Crippen LogP contribution in [0.4, 0.5) is 5.69 Å². The number of hydrogen-bond donors (Lipinski definition) is 0. The molecular formula is C17H13NO3. The molecule has 3 rings (SSSR count). The van der Waals surface area contributed by atoms with Crippen molar-refractivity contribution >= 4 is 23.8 Å². The summed E-state index contributed by atoms with van der Waals surface area (Å²) in [4.78, 5) is 36.5. The van der Waals surface area contributed by atoms with Gasteiger partial charge in [0.15, 0.2) is 0 Å². The smallest absolute Gasteiger partial charge is 0.241 e. The van der Waals surface area contributed by atoms with Gasteiger partial charge in [-0.2, -0.15) is 0 Å². The molecule has 0 bridgehead atoms. The van der Waals surface area contributed by atoms with Crippen LogP contribution in [-0.4, -0.2) is 18.1 Å². The van der Waals surface area contributed by atoms with Gasteiger partial charge in [-0.1, -0.05) is 30.3 Å². The molecule has 0 N–H and O–H groups in total. The van der Waals surface area contributed by atoms with E-state index >= 15 is 0 Å². The summed E-state index contributed by atoms with van der Waals surface area (Å²) in [6.45, 7) is 0. The number of benzene rings is 2. The molecule has 2 amide bonds. The summed E-state index contributed by atoms with van der Waals surface area (Å²) in [5, 5.41) is 0. The van der Waals surface area contributed by atoms with Gasteiger partial charge in [0.25, 0.3) is 0 Å². The Bertz CT molecular complexity index is 692. The molecule has 1 fully saturated rings. The van der Waals surface area contributed by atoms with Crippen LogP contribution in [0.2, 0.25) is 0 Å². The number of carbonyl (C=O) groups is 3. The average Bonchev–Trinajstić information content (AvgIpc) is 2.83. The van der Waals surface area contributed by atoms with E-state index in [2.05, 4.69) is 0 Å². The van der Waals surface area contributed by atoms with E-state index in [9.17, 15) is 14.4 Å². The molecule has 104 valence electrons. The van der Waals surface area contributed by atoms with Crippen LogP contribution < -0.4 is 4.90 Å². The Kier molecular flexibility index (Phi) is 3.36. The SMILES string of the molecule is O=Cc1ccc(N2C(=O)CC(c3ccccc3)C2=O)cc1. The second-order valence-corrected chi connectivity index (χ2v) is 4.94. The predicted molar refractivity (Wildman–Crippen MR) is 78.1 cm³/mol. The Morgan fingerprint density at radius 1 is 0.952 bits per heavy atom. The van der Waals surface area contributed by atoms with Gasteiger partial charge in [-0.3, -0.25) is 19.3 Å². The summed E-state index contributed by atoms with van der Waals surface area (Å²) in [5.41, 5.74) is 1.87. The highest BCUT2D eigenvalue weighted by Gasteiger charge is 2.40. The molecule has 1 atom stereocenters. The van der Waals surface area contributed by atoms with Crippen LogP contribution in [0.1, 0.15) is 28.3 Å². The highest BCUT2D eigenvalue weighted by molar-refractivity contribution is 6.22. The molecule has 0 aromatic heterocycles. The second kappa shape index (κ2) is 5.32. The van der Waals surface area contributed by atoms with Crippen LogP contribution in [0.3, 0.4) is 0 Å². The normalized spacial score (nSPS) is 18.1. The number of imide groups is 1. The molecule has 0 spiro atoms. The lowest BCUT2D eigenvalue weighted by molar-refractivity contribution is -0.121. The molecular weight excluding hydrogens is 266 g/mol. The van der Waals surface area contributed by atoms with Crippen LogP contribution in [0, 0.1) is 0 Å². The summed E-state index contributed by atoms with van der Waals surface area (Å²) < 4.78 is 0. The minimum atomic E-state index is -0.426.